The lowest BCUT2D eigenvalue weighted by atomic mass is 10.1. The molecule has 2 N–H and O–H groups in total. The molecule has 0 radical (unpaired) electrons. The number of nitrogens with zero attached hydrogens (tertiary/aromatic N) is 2. The minimum Gasteiger partial charge on any atom is -0.310 e. The topological polar surface area (TPSA) is 81.6 Å². The highest BCUT2D eigenvalue weighted by Gasteiger charge is 2.08. The van der Waals surface area contributed by atoms with Gasteiger partial charge in [-0.2, -0.15) is 10.4 Å². The number of amides is 1. The van der Waals surface area contributed by atoms with Gasteiger partial charge >= 0.3 is 0 Å². The van der Waals surface area contributed by atoms with Crippen LogP contribution in [0.25, 0.3) is 0 Å². The van der Waals surface area contributed by atoms with Gasteiger partial charge in [-0.25, -0.2) is 0 Å². The standard InChI is InChI=1S/C14H14N4O/c1-10-2-4-11(5-3-10)6-7-13(19)17-14-12(8-15)9-16-18-14/h2-5,9H,6-7H2,1H3,(H2,16,17,18,19). The molecule has 0 spiro atoms. The normalized spacial score (nSPS) is 9.89. The number of aromatic amines is 1. The number of aryl methyl sites for hydroxylation is 2. The Morgan fingerprint density at radius 3 is 2.84 bits per heavy atom. The lowest BCUT2D eigenvalue weighted by Crippen LogP contribution is -2.13. The van der Waals surface area contributed by atoms with Crippen LogP contribution in [-0.2, 0) is 11.2 Å². The molecule has 0 aliphatic carbocycles. The van der Waals surface area contributed by atoms with Crippen LogP contribution in [-0.4, -0.2) is 16.1 Å². The Morgan fingerprint density at radius 1 is 1.42 bits per heavy atom. The molecule has 1 heterocycles. The van der Waals surface area contributed by atoms with Crippen LogP contribution in [0.4, 0.5) is 5.82 Å². The van der Waals surface area contributed by atoms with E-state index in [0.29, 0.717) is 24.2 Å². The van der Waals surface area contributed by atoms with E-state index < -0.39 is 0 Å². The maximum Gasteiger partial charge on any atom is 0.225 e. The van der Waals surface area contributed by atoms with Gasteiger partial charge in [0.2, 0.25) is 5.91 Å². The summed E-state index contributed by atoms with van der Waals surface area (Å²) in [5.74, 6) is 0.220. The van der Waals surface area contributed by atoms with Crippen LogP contribution in [0.15, 0.2) is 30.5 Å². The summed E-state index contributed by atoms with van der Waals surface area (Å²) in [6.07, 6.45) is 2.42. The van der Waals surface area contributed by atoms with Crippen LogP contribution >= 0.6 is 0 Å². The summed E-state index contributed by atoms with van der Waals surface area (Å²) in [6.45, 7) is 2.03. The number of hydrogen-bond donors (Lipinski definition) is 2. The molecule has 0 aliphatic rings. The van der Waals surface area contributed by atoms with Gasteiger partial charge in [-0.3, -0.25) is 9.89 Å². The van der Waals surface area contributed by atoms with E-state index in [9.17, 15) is 4.79 Å². The smallest absolute Gasteiger partial charge is 0.225 e. The molecule has 2 rings (SSSR count). The SMILES string of the molecule is Cc1ccc(CCC(=O)Nc2[nH]ncc2C#N)cc1. The first-order valence-corrected chi connectivity index (χ1v) is 5.98. The average molecular weight is 254 g/mol. The number of anilines is 1. The fourth-order valence-corrected chi connectivity index (χ4v) is 1.68. The molecule has 0 unspecified atom stereocenters. The van der Waals surface area contributed by atoms with Crippen molar-refractivity contribution in [3.05, 3.63) is 47.2 Å². The van der Waals surface area contributed by atoms with Crippen LogP contribution < -0.4 is 5.32 Å². The Kier molecular flexibility index (Phi) is 3.94. The quantitative estimate of drug-likeness (QED) is 0.877. The number of rotatable bonds is 4. The van der Waals surface area contributed by atoms with Gasteiger partial charge in [0.25, 0.3) is 0 Å². The van der Waals surface area contributed by atoms with Gasteiger partial charge in [-0.1, -0.05) is 29.8 Å². The summed E-state index contributed by atoms with van der Waals surface area (Å²) >= 11 is 0. The maximum absolute atomic E-state index is 11.8. The monoisotopic (exact) mass is 254 g/mol. The van der Waals surface area contributed by atoms with E-state index in [4.69, 9.17) is 5.26 Å². The fourth-order valence-electron chi connectivity index (χ4n) is 1.68. The summed E-state index contributed by atoms with van der Waals surface area (Å²) in [7, 11) is 0. The number of carbonyl (C=O) groups excluding carboxylic acids is 1. The van der Waals surface area contributed by atoms with Gasteiger partial charge in [0.1, 0.15) is 17.5 Å². The zero-order valence-corrected chi connectivity index (χ0v) is 10.6. The molecule has 1 amide bonds. The number of nitriles is 1. The number of aromatic nitrogens is 2. The molecule has 0 bridgehead atoms. The summed E-state index contributed by atoms with van der Waals surface area (Å²) < 4.78 is 0. The first-order valence-electron chi connectivity index (χ1n) is 5.98. The molecule has 0 atom stereocenters. The number of benzene rings is 1. The van der Waals surface area contributed by atoms with E-state index >= 15 is 0 Å². The first-order chi connectivity index (χ1) is 9.19. The molecular formula is C14H14N4O. The largest absolute Gasteiger partial charge is 0.310 e. The predicted molar refractivity (Wildman–Crippen MR) is 71.4 cm³/mol. The molecule has 19 heavy (non-hydrogen) atoms. The number of hydrogen-bond acceptors (Lipinski definition) is 3. The zero-order chi connectivity index (χ0) is 13.7. The second kappa shape index (κ2) is 5.83. The minimum atomic E-state index is -0.138. The van der Waals surface area contributed by atoms with E-state index in [1.807, 2.05) is 37.3 Å². The van der Waals surface area contributed by atoms with Crippen LogP contribution in [0.2, 0.25) is 0 Å². The molecule has 96 valence electrons. The summed E-state index contributed by atoms with van der Waals surface area (Å²) in [5, 5.41) is 17.7. The maximum atomic E-state index is 11.8. The fraction of sp³-hybridized carbons (Fsp3) is 0.214. The van der Waals surface area contributed by atoms with Gasteiger partial charge in [0.15, 0.2) is 0 Å². The molecule has 2 aromatic rings. The third-order valence-corrected chi connectivity index (χ3v) is 2.79. The van der Waals surface area contributed by atoms with Crippen molar-refractivity contribution >= 4 is 11.7 Å². The van der Waals surface area contributed by atoms with Gasteiger partial charge in [0.05, 0.1) is 6.20 Å². The van der Waals surface area contributed by atoms with Gasteiger partial charge in [-0.05, 0) is 18.9 Å². The van der Waals surface area contributed by atoms with Crippen LogP contribution in [0, 0.1) is 18.3 Å². The Hall–Kier alpha value is -2.61. The highest BCUT2D eigenvalue weighted by Crippen LogP contribution is 2.10. The van der Waals surface area contributed by atoms with E-state index in [-0.39, 0.29) is 5.91 Å². The first kappa shape index (κ1) is 12.8. The van der Waals surface area contributed by atoms with E-state index in [2.05, 4.69) is 15.5 Å². The van der Waals surface area contributed by atoms with Crippen molar-refractivity contribution in [1.29, 1.82) is 5.26 Å². The van der Waals surface area contributed by atoms with Crippen molar-refractivity contribution < 1.29 is 4.79 Å². The predicted octanol–water partition coefficient (Wildman–Crippen LogP) is 2.16. The second-order valence-electron chi connectivity index (χ2n) is 4.30. The number of carbonyl (C=O) groups is 1. The second-order valence-corrected chi connectivity index (χ2v) is 4.30. The molecule has 5 heteroatoms. The summed E-state index contributed by atoms with van der Waals surface area (Å²) in [6, 6.07) is 10.0. The molecule has 0 saturated carbocycles. The molecule has 1 aromatic carbocycles. The molecule has 5 nitrogen and oxygen atoms in total. The van der Waals surface area contributed by atoms with Gasteiger partial charge in [0, 0.05) is 6.42 Å². The van der Waals surface area contributed by atoms with Crippen LogP contribution in [0.3, 0.4) is 0 Å². The third-order valence-electron chi connectivity index (χ3n) is 2.79. The number of H-pyrrole nitrogens is 1. The number of nitrogens with one attached hydrogen (secondary N) is 2. The highest BCUT2D eigenvalue weighted by atomic mass is 16.1. The van der Waals surface area contributed by atoms with Crippen LogP contribution in [0.1, 0.15) is 23.1 Å². The van der Waals surface area contributed by atoms with E-state index in [0.717, 1.165) is 5.56 Å². The molecule has 0 fully saturated rings. The van der Waals surface area contributed by atoms with Crippen molar-refractivity contribution in [3.8, 4) is 6.07 Å². The van der Waals surface area contributed by atoms with Crippen molar-refractivity contribution in [2.45, 2.75) is 19.8 Å². The lowest BCUT2D eigenvalue weighted by Gasteiger charge is -2.04. The molecule has 0 saturated heterocycles. The minimum absolute atomic E-state index is 0.138. The molecule has 0 aliphatic heterocycles. The lowest BCUT2D eigenvalue weighted by molar-refractivity contribution is -0.116. The molecule has 1 aromatic heterocycles. The van der Waals surface area contributed by atoms with Crippen molar-refractivity contribution in [1.82, 2.24) is 10.2 Å². The van der Waals surface area contributed by atoms with Gasteiger partial charge < -0.3 is 5.32 Å². The summed E-state index contributed by atoms with van der Waals surface area (Å²) in [4.78, 5) is 11.8. The summed E-state index contributed by atoms with van der Waals surface area (Å²) in [5.41, 5.74) is 2.65. The van der Waals surface area contributed by atoms with Crippen molar-refractivity contribution in [2.75, 3.05) is 5.32 Å². The Balaban J connectivity index is 1.89. The van der Waals surface area contributed by atoms with Gasteiger partial charge in [-0.15, -0.1) is 0 Å². The average Bonchev–Trinajstić information content (AvgIpc) is 2.85. The molecular weight excluding hydrogens is 240 g/mol. The Morgan fingerprint density at radius 2 is 2.16 bits per heavy atom. The Labute approximate surface area is 111 Å². The van der Waals surface area contributed by atoms with Crippen molar-refractivity contribution in [3.63, 3.8) is 0 Å². The Bertz CT molecular complexity index is 607. The van der Waals surface area contributed by atoms with Crippen LogP contribution in [0.5, 0.6) is 0 Å². The van der Waals surface area contributed by atoms with E-state index in [1.54, 1.807) is 0 Å². The van der Waals surface area contributed by atoms with E-state index in [1.165, 1.54) is 11.8 Å². The van der Waals surface area contributed by atoms with Crippen molar-refractivity contribution in [2.24, 2.45) is 0 Å². The highest BCUT2D eigenvalue weighted by molar-refractivity contribution is 5.91. The zero-order valence-electron chi connectivity index (χ0n) is 10.6. The third kappa shape index (κ3) is 3.42.